The quantitative estimate of drug-likeness (QED) is 0.843. The van der Waals surface area contributed by atoms with Gasteiger partial charge in [-0.05, 0) is 36.1 Å². The van der Waals surface area contributed by atoms with E-state index in [0.717, 1.165) is 23.5 Å². The molecule has 0 aromatic carbocycles. The normalized spacial score (nSPS) is 16.1. The van der Waals surface area contributed by atoms with Crippen molar-refractivity contribution in [2.75, 3.05) is 18.2 Å². The van der Waals surface area contributed by atoms with E-state index < -0.39 is 0 Å². The molecule has 1 aliphatic rings. The molecule has 1 aromatic rings. The zero-order valence-electron chi connectivity index (χ0n) is 10.5. The van der Waals surface area contributed by atoms with Crippen molar-refractivity contribution in [3.63, 3.8) is 0 Å². The smallest absolute Gasteiger partial charge is 0.261 e. The van der Waals surface area contributed by atoms with Crippen LogP contribution in [0.1, 0.15) is 33.5 Å². The number of thioether (sulfide) groups is 1. The fourth-order valence-electron chi connectivity index (χ4n) is 1.90. The molecule has 1 N–H and O–H groups in total. The largest absolute Gasteiger partial charge is 0.351 e. The summed E-state index contributed by atoms with van der Waals surface area (Å²) in [4.78, 5) is 14.3. The molecule has 2 rings (SSSR count). The first-order chi connectivity index (χ1) is 8.70. The molecular weight excluding hydrogens is 286 g/mol. The van der Waals surface area contributed by atoms with Crippen LogP contribution < -0.4 is 5.32 Å². The van der Waals surface area contributed by atoms with E-state index in [1.165, 1.54) is 16.2 Å². The molecule has 0 spiro atoms. The van der Waals surface area contributed by atoms with Gasteiger partial charge in [-0.2, -0.15) is 11.8 Å². The van der Waals surface area contributed by atoms with Crippen LogP contribution in [0, 0.1) is 5.92 Å². The predicted molar refractivity (Wildman–Crippen MR) is 81.0 cm³/mol. The summed E-state index contributed by atoms with van der Waals surface area (Å²) >= 11 is 9.29. The number of aryl methyl sites for hydroxylation is 1. The number of halogens is 1. The van der Waals surface area contributed by atoms with Crippen LogP contribution in [0.15, 0.2) is 6.07 Å². The van der Waals surface area contributed by atoms with Crippen LogP contribution in [0.3, 0.4) is 0 Å². The van der Waals surface area contributed by atoms with Gasteiger partial charge in [-0.1, -0.05) is 6.92 Å². The van der Waals surface area contributed by atoms with Gasteiger partial charge in [0.2, 0.25) is 0 Å². The molecule has 0 saturated heterocycles. The van der Waals surface area contributed by atoms with E-state index in [2.05, 4.69) is 18.3 Å². The van der Waals surface area contributed by atoms with Crippen LogP contribution in [-0.2, 0) is 12.2 Å². The molecule has 0 radical (unpaired) electrons. The fourth-order valence-corrected chi connectivity index (χ4v) is 4.56. The van der Waals surface area contributed by atoms with Crippen LogP contribution in [0.4, 0.5) is 0 Å². The highest BCUT2D eigenvalue weighted by atomic mass is 35.5. The van der Waals surface area contributed by atoms with E-state index in [9.17, 15) is 4.79 Å². The number of hydrogen-bond acceptors (Lipinski definition) is 3. The van der Waals surface area contributed by atoms with Gasteiger partial charge in [0.15, 0.2) is 0 Å². The van der Waals surface area contributed by atoms with Crippen LogP contribution in [0.5, 0.6) is 0 Å². The number of hydrogen-bond donors (Lipinski definition) is 1. The van der Waals surface area contributed by atoms with Gasteiger partial charge in [-0.15, -0.1) is 22.9 Å². The molecule has 0 aliphatic carbocycles. The molecule has 100 valence electrons. The summed E-state index contributed by atoms with van der Waals surface area (Å²) < 4.78 is 0. The van der Waals surface area contributed by atoms with Crippen LogP contribution in [0.2, 0.25) is 0 Å². The molecule has 1 aromatic heterocycles. The maximum absolute atomic E-state index is 12.0. The molecule has 2 heterocycles. The number of carbonyl (C=O) groups excluding carboxylic acids is 1. The Morgan fingerprint density at radius 1 is 1.61 bits per heavy atom. The highest BCUT2D eigenvalue weighted by Crippen LogP contribution is 2.31. The number of rotatable bonds is 5. The summed E-state index contributed by atoms with van der Waals surface area (Å²) in [6, 6.07) is 2.06. The van der Waals surface area contributed by atoms with Gasteiger partial charge in [0.25, 0.3) is 5.91 Å². The number of alkyl halides is 1. The van der Waals surface area contributed by atoms with E-state index in [1.807, 2.05) is 11.8 Å². The zero-order valence-corrected chi connectivity index (χ0v) is 12.9. The monoisotopic (exact) mass is 303 g/mol. The third kappa shape index (κ3) is 3.65. The van der Waals surface area contributed by atoms with Gasteiger partial charge in [0.1, 0.15) is 0 Å². The van der Waals surface area contributed by atoms with Crippen molar-refractivity contribution in [3.8, 4) is 0 Å². The van der Waals surface area contributed by atoms with Gasteiger partial charge in [-0.25, -0.2) is 0 Å². The molecule has 0 bridgehead atoms. The Labute approximate surface area is 121 Å². The Kier molecular flexibility index (Phi) is 5.39. The molecule has 1 amide bonds. The van der Waals surface area contributed by atoms with Crippen molar-refractivity contribution >= 4 is 40.6 Å². The first-order valence-electron chi connectivity index (χ1n) is 6.24. The Hall–Kier alpha value is -0.190. The van der Waals surface area contributed by atoms with Gasteiger partial charge in [0, 0.05) is 23.1 Å². The van der Waals surface area contributed by atoms with Gasteiger partial charge in [0.05, 0.1) is 4.88 Å². The van der Waals surface area contributed by atoms with E-state index in [0.29, 0.717) is 18.3 Å². The first kappa shape index (κ1) is 14.2. The molecule has 1 unspecified atom stereocenters. The summed E-state index contributed by atoms with van der Waals surface area (Å²) in [6.07, 6.45) is 2.06. The molecule has 1 aliphatic heterocycles. The van der Waals surface area contributed by atoms with E-state index in [-0.39, 0.29) is 5.91 Å². The molecule has 18 heavy (non-hydrogen) atoms. The van der Waals surface area contributed by atoms with Crippen molar-refractivity contribution in [2.24, 2.45) is 5.92 Å². The third-order valence-electron chi connectivity index (χ3n) is 3.06. The summed E-state index contributed by atoms with van der Waals surface area (Å²) in [5.74, 6) is 3.40. The van der Waals surface area contributed by atoms with Crippen LogP contribution >= 0.6 is 34.7 Å². The van der Waals surface area contributed by atoms with Crippen molar-refractivity contribution in [3.05, 3.63) is 21.4 Å². The number of thiophene rings is 1. The highest BCUT2D eigenvalue weighted by molar-refractivity contribution is 7.98. The van der Waals surface area contributed by atoms with Gasteiger partial charge >= 0.3 is 0 Å². The molecular formula is C13H18ClNOS2. The number of fused-ring (bicyclic) bond motifs is 1. The van der Waals surface area contributed by atoms with Crippen molar-refractivity contribution < 1.29 is 4.79 Å². The van der Waals surface area contributed by atoms with Crippen LogP contribution in [-0.4, -0.2) is 24.1 Å². The molecule has 5 heteroatoms. The Morgan fingerprint density at radius 3 is 3.17 bits per heavy atom. The average Bonchev–Trinajstić information content (AvgIpc) is 2.80. The SMILES string of the molecule is CC(CCCl)CNC(=O)c1cc2c(s1)CCSC2. The fraction of sp³-hybridized carbons (Fsp3) is 0.615. The third-order valence-corrected chi connectivity index (χ3v) is 5.53. The van der Waals surface area contributed by atoms with E-state index >= 15 is 0 Å². The maximum atomic E-state index is 12.0. The number of amides is 1. The molecule has 0 saturated carbocycles. The zero-order chi connectivity index (χ0) is 13.0. The second kappa shape index (κ2) is 6.83. The second-order valence-corrected chi connectivity index (χ2v) is 7.27. The minimum absolute atomic E-state index is 0.0702. The lowest BCUT2D eigenvalue weighted by molar-refractivity contribution is 0.0952. The minimum atomic E-state index is 0.0702. The second-order valence-electron chi connectivity index (χ2n) is 4.65. The van der Waals surface area contributed by atoms with Crippen LogP contribution in [0.25, 0.3) is 0 Å². The maximum Gasteiger partial charge on any atom is 0.261 e. The lowest BCUT2D eigenvalue weighted by atomic mass is 10.1. The molecule has 1 atom stereocenters. The van der Waals surface area contributed by atoms with Gasteiger partial charge in [-0.3, -0.25) is 4.79 Å². The summed E-state index contributed by atoms with van der Waals surface area (Å²) in [7, 11) is 0. The molecule has 0 fully saturated rings. The van der Waals surface area contributed by atoms with Crippen molar-refractivity contribution in [2.45, 2.75) is 25.5 Å². The molecule has 2 nitrogen and oxygen atoms in total. The minimum Gasteiger partial charge on any atom is -0.351 e. The first-order valence-corrected chi connectivity index (χ1v) is 8.74. The standard InChI is InChI=1S/C13H18ClNOS2/c1-9(2-4-14)7-15-13(16)12-6-10-8-17-5-3-11(10)18-12/h6,9H,2-5,7-8H2,1H3,(H,15,16). The van der Waals surface area contributed by atoms with Crippen molar-refractivity contribution in [1.82, 2.24) is 5.32 Å². The highest BCUT2D eigenvalue weighted by Gasteiger charge is 2.17. The van der Waals surface area contributed by atoms with Crippen molar-refractivity contribution in [1.29, 1.82) is 0 Å². The topological polar surface area (TPSA) is 29.1 Å². The lowest BCUT2D eigenvalue weighted by Crippen LogP contribution is -2.27. The van der Waals surface area contributed by atoms with E-state index in [1.54, 1.807) is 11.3 Å². The summed E-state index contributed by atoms with van der Waals surface area (Å²) in [5.41, 5.74) is 1.36. The predicted octanol–water partition coefficient (Wildman–Crippen LogP) is 3.53. The Balaban J connectivity index is 1.90. The van der Waals surface area contributed by atoms with E-state index in [4.69, 9.17) is 11.6 Å². The number of nitrogens with one attached hydrogen (secondary N) is 1. The lowest BCUT2D eigenvalue weighted by Gasteiger charge is -2.09. The summed E-state index contributed by atoms with van der Waals surface area (Å²) in [5, 5.41) is 3.00. The average molecular weight is 304 g/mol. The Bertz CT molecular complexity index is 396. The number of carbonyl (C=O) groups is 1. The summed E-state index contributed by atoms with van der Waals surface area (Å²) in [6.45, 7) is 2.82. The Morgan fingerprint density at radius 2 is 2.44 bits per heavy atom. The van der Waals surface area contributed by atoms with Gasteiger partial charge < -0.3 is 5.32 Å².